The van der Waals surface area contributed by atoms with E-state index in [0.717, 1.165) is 19.4 Å². The molecule has 0 aromatic heterocycles. The molecule has 0 aliphatic carbocycles. The Morgan fingerprint density at radius 1 is 0.667 bits per heavy atom. The minimum atomic E-state index is 0.227. The van der Waals surface area contributed by atoms with Crippen molar-refractivity contribution < 1.29 is 10.2 Å². The van der Waals surface area contributed by atoms with E-state index in [1.807, 2.05) is 0 Å². The minimum absolute atomic E-state index is 0.227. The molecular formula is C9H21NO2. The Kier molecular flexibility index (Phi) is 10.8. The van der Waals surface area contributed by atoms with Crippen LogP contribution in [0.15, 0.2) is 0 Å². The van der Waals surface area contributed by atoms with Gasteiger partial charge in [-0.1, -0.05) is 19.3 Å². The van der Waals surface area contributed by atoms with Gasteiger partial charge < -0.3 is 15.5 Å². The van der Waals surface area contributed by atoms with Crippen LogP contribution in [0, 0.1) is 0 Å². The number of nitrogens with one attached hydrogen (secondary N) is 1. The highest BCUT2D eigenvalue weighted by molar-refractivity contribution is 4.48. The highest BCUT2D eigenvalue weighted by Gasteiger charge is 1.89. The number of hydrogen-bond acceptors (Lipinski definition) is 3. The van der Waals surface area contributed by atoms with Crippen molar-refractivity contribution in [1.82, 2.24) is 5.32 Å². The van der Waals surface area contributed by atoms with Crippen molar-refractivity contribution in [2.75, 3.05) is 26.3 Å². The Labute approximate surface area is 74.8 Å². The third kappa shape index (κ3) is 9.88. The zero-order valence-electron chi connectivity index (χ0n) is 7.76. The number of aliphatic hydroxyl groups is 2. The highest BCUT2D eigenvalue weighted by Crippen LogP contribution is 2.01. The predicted octanol–water partition coefficient (Wildman–Crippen LogP) is 0.511. The first-order valence-electron chi connectivity index (χ1n) is 4.84. The van der Waals surface area contributed by atoms with Crippen LogP contribution in [0.5, 0.6) is 0 Å². The molecule has 0 aliphatic rings. The quantitative estimate of drug-likeness (QED) is 0.448. The molecule has 0 saturated heterocycles. The molecule has 0 aliphatic heterocycles. The van der Waals surface area contributed by atoms with Crippen LogP contribution < -0.4 is 5.32 Å². The molecule has 0 saturated carbocycles. The number of rotatable bonds is 9. The molecule has 12 heavy (non-hydrogen) atoms. The lowest BCUT2D eigenvalue weighted by molar-refractivity contribution is 0.281. The van der Waals surface area contributed by atoms with Crippen molar-refractivity contribution >= 4 is 0 Å². The summed E-state index contributed by atoms with van der Waals surface area (Å²) < 4.78 is 0. The molecule has 0 atom stereocenters. The first kappa shape index (κ1) is 11.9. The zero-order chi connectivity index (χ0) is 9.07. The van der Waals surface area contributed by atoms with Crippen LogP contribution in [0.2, 0.25) is 0 Å². The summed E-state index contributed by atoms with van der Waals surface area (Å²) in [5.74, 6) is 0. The molecule has 0 bridgehead atoms. The van der Waals surface area contributed by atoms with Crippen LogP contribution in [-0.2, 0) is 0 Å². The van der Waals surface area contributed by atoms with Crippen molar-refractivity contribution in [2.45, 2.75) is 32.1 Å². The van der Waals surface area contributed by atoms with Gasteiger partial charge in [0, 0.05) is 13.2 Å². The third-order valence-electron chi connectivity index (χ3n) is 1.80. The van der Waals surface area contributed by atoms with Gasteiger partial charge in [-0.25, -0.2) is 0 Å². The van der Waals surface area contributed by atoms with Crippen LogP contribution in [0.1, 0.15) is 32.1 Å². The largest absolute Gasteiger partial charge is 0.396 e. The fraction of sp³-hybridized carbons (Fsp3) is 1.00. The van der Waals surface area contributed by atoms with E-state index in [9.17, 15) is 0 Å². The molecule has 74 valence electrons. The second-order valence-corrected chi connectivity index (χ2v) is 2.96. The van der Waals surface area contributed by atoms with Crippen molar-refractivity contribution in [3.8, 4) is 0 Å². The van der Waals surface area contributed by atoms with Gasteiger partial charge in [-0.05, 0) is 19.4 Å². The number of aliphatic hydroxyl groups excluding tert-OH is 2. The third-order valence-corrected chi connectivity index (χ3v) is 1.80. The van der Waals surface area contributed by atoms with Gasteiger partial charge in [0.25, 0.3) is 0 Å². The highest BCUT2D eigenvalue weighted by atomic mass is 16.3. The molecule has 0 spiro atoms. The molecule has 3 nitrogen and oxygen atoms in total. The molecule has 0 amide bonds. The van der Waals surface area contributed by atoms with Crippen molar-refractivity contribution in [3.05, 3.63) is 0 Å². The Morgan fingerprint density at radius 2 is 1.33 bits per heavy atom. The Balaban J connectivity index is 2.73. The molecule has 3 heteroatoms. The summed E-state index contributed by atoms with van der Waals surface area (Å²) in [6.45, 7) is 2.25. The van der Waals surface area contributed by atoms with Crippen LogP contribution in [0.25, 0.3) is 0 Å². The molecule has 0 radical (unpaired) electrons. The van der Waals surface area contributed by atoms with Gasteiger partial charge >= 0.3 is 0 Å². The second kappa shape index (κ2) is 10.9. The summed E-state index contributed by atoms with van der Waals surface area (Å²) in [4.78, 5) is 0. The van der Waals surface area contributed by atoms with Crippen molar-refractivity contribution in [1.29, 1.82) is 0 Å². The molecule has 0 unspecified atom stereocenters. The first-order chi connectivity index (χ1) is 5.91. The lowest BCUT2D eigenvalue weighted by atomic mass is 10.1. The first-order valence-corrected chi connectivity index (χ1v) is 4.84. The summed E-state index contributed by atoms with van der Waals surface area (Å²) in [6, 6.07) is 0. The van der Waals surface area contributed by atoms with E-state index in [4.69, 9.17) is 10.2 Å². The molecule has 0 aromatic rings. The van der Waals surface area contributed by atoms with Gasteiger partial charge in [-0.15, -0.1) is 0 Å². The molecule has 3 N–H and O–H groups in total. The van der Waals surface area contributed by atoms with Crippen LogP contribution in [-0.4, -0.2) is 36.5 Å². The lowest BCUT2D eigenvalue weighted by Crippen LogP contribution is -2.19. The molecule has 0 aromatic carbocycles. The smallest absolute Gasteiger partial charge is 0.0555 e. The van der Waals surface area contributed by atoms with E-state index in [1.54, 1.807) is 0 Å². The summed E-state index contributed by atoms with van der Waals surface area (Å²) in [7, 11) is 0. The van der Waals surface area contributed by atoms with Crippen LogP contribution in [0.3, 0.4) is 0 Å². The lowest BCUT2D eigenvalue weighted by Gasteiger charge is -2.01. The normalized spacial score (nSPS) is 10.5. The fourth-order valence-electron chi connectivity index (χ4n) is 1.10. The van der Waals surface area contributed by atoms with Crippen LogP contribution >= 0.6 is 0 Å². The van der Waals surface area contributed by atoms with E-state index in [1.165, 1.54) is 19.3 Å². The van der Waals surface area contributed by atoms with E-state index in [0.29, 0.717) is 13.2 Å². The summed E-state index contributed by atoms with van der Waals surface area (Å²) in [6.07, 6.45) is 5.67. The SMILES string of the molecule is OCCCCCCCNCCO. The van der Waals surface area contributed by atoms with Gasteiger partial charge in [0.05, 0.1) is 6.61 Å². The predicted molar refractivity (Wildman–Crippen MR) is 50.1 cm³/mol. The average Bonchev–Trinajstić information content (AvgIpc) is 2.10. The van der Waals surface area contributed by atoms with Crippen molar-refractivity contribution in [3.63, 3.8) is 0 Å². The Bertz CT molecular complexity index is 68.9. The van der Waals surface area contributed by atoms with E-state index in [-0.39, 0.29) is 6.61 Å². The second-order valence-electron chi connectivity index (χ2n) is 2.96. The number of unbranched alkanes of at least 4 members (excludes halogenated alkanes) is 4. The van der Waals surface area contributed by atoms with E-state index in [2.05, 4.69) is 5.32 Å². The summed E-state index contributed by atoms with van der Waals surface area (Å²) in [5, 5.41) is 20.1. The molecule has 0 fully saturated rings. The van der Waals surface area contributed by atoms with E-state index >= 15 is 0 Å². The number of hydrogen-bond donors (Lipinski definition) is 3. The van der Waals surface area contributed by atoms with E-state index < -0.39 is 0 Å². The molecule has 0 heterocycles. The Hall–Kier alpha value is -0.120. The fourth-order valence-corrected chi connectivity index (χ4v) is 1.10. The zero-order valence-corrected chi connectivity index (χ0v) is 7.76. The Morgan fingerprint density at radius 3 is 2.00 bits per heavy atom. The van der Waals surface area contributed by atoms with Gasteiger partial charge in [0.2, 0.25) is 0 Å². The van der Waals surface area contributed by atoms with Crippen molar-refractivity contribution in [2.24, 2.45) is 0 Å². The maximum Gasteiger partial charge on any atom is 0.0555 e. The average molecular weight is 175 g/mol. The van der Waals surface area contributed by atoms with Crippen LogP contribution in [0.4, 0.5) is 0 Å². The maximum atomic E-state index is 8.50. The summed E-state index contributed by atoms with van der Waals surface area (Å²) >= 11 is 0. The standard InChI is InChI=1S/C9H21NO2/c11-8-5-3-1-2-4-6-10-7-9-12/h10-12H,1-9H2. The topological polar surface area (TPSA) is 52.5 Å². The molecular weight excluding hydrogens is 154 g/mol. The minimum Gasteiger partial charge on any atom is -0.396 e. The molecule has 0 rings (SSSR count). The van der Waals surface area contributed by atoms with Gasteiger partial charge in [0.15, 0.2) is 0 Å². The monoisotopic (exact) mass is 175 g/mol. The summed E-state index contributed by atoms with van der Waals surface area (Å²) in [5.41, 5.74) is 0. The van der Waals surface area contributed by atoms with Gasteiger partial charge in [0.1, 0.15) is 0 Å². The maximum absolute atomic E-state index is 8.50. The van der Waals surface area contributed by atoms with Gasteiger partial charge in [-0.3, -0.25) is 0 Å². The van der Waals surface area contributed by atoms with Gasteiger partial charge in [-0.2, -0.15) is 0 Å².